The summed E-state index contributed by atoms with van der Waals surface area (Å²) in [5.74, 6) is 0. The van der Waals surface area contributed by atoms with Gasteiger partial charge in [0.1, 0.15) is 0 Å². The highest BCUT2D eigenvalue weighted by Crippen LogP contribution is 2.22. The molecule has 3 nitrogen and oxygen atoms in total. The molecule has 0 spiro atoms. The molecular weight excluding hydrogens is 268 g/mol. The van der Waals surface area contributed by atoms with Gasteiger partial charge in [0.15, 0.2) is 5.11 Å². The fraction of sp³-hybridized carbons (Fsp3) is 0.462. The third-order valence-corrected chi connectivity index (χ3v) is 2.90. The van der Waals surface area contributed by atoms with Crippen molar-refractivity contribution in [1.29, 1.82) is 0 Å². The Labute approximate surface area is 119 Å². The SMILES string of the molecule is CCOCCCNC(=S)Nc1cc(C)ccc1Cl. The van der Waals surface area contributed by atoms with Crippen LogP contribution in [0, 0.1) is 6.92 Å². The number of hydrogen-bond donors (Lipinski definition) is 2. The van der Waals surface area contributed by atoms with Crippen LogP contribution in [-0.4, -0.2) is 24.9 Å². The first-order valence-electron chi connectivity index (χ1n) is 6.02. The Morgan fingerprint density at radius 3 is 2.94 bits per heavy atom. The van der Waals surface area contributed by atoms with Crippen molar-refractivity contribution in [3.05, 3.63) is 28.8 Å². The summed E-state index contributed by atoms with van der Waals surface area (Å²) in [4.78, 5) is 0. The van der Waals surface area contributed by atoms with Crippen LogP contribution in [-0.2, 0) is 4.74 Å². The molecule has 0 unspecified atom stereocenters. The highest BCUT2D eigenvalue weighted by molar-refractivity contribution is 7.80. The summed E-state index contributed by atoms with van der Waals surface area (Å²) in [5.41, 5.74) is 1.97. The Morgan fingerprint density at radius 2 is 2.22 bits per heavy atom. The number of thiocarbonyl (C=S) groups is 1. The zero-order valence-electron chi connectivity index (χ0n) is 10.8. The van der Waals surface area contributed by atoms with Gasteiger partial charge in [-0.2, -0.15) is 0 Å². The van der Waals surface area contributed by atoms with Gasteiger partial charge in [-0.15, -0.1) is 0 Å². The van der Waals surface area contributed by atoms with E-state index in [-0.39, 0.29) is 0 Å². The molecule has 0 aromatic heterocycles. The molecule has 1 aromatic carbocycles. The smallest absolute Gasteiger partial charge is 0.170 e. The summed E-state index contributed by atoms with van der Waals surface area (Å²) in [6.07, 6.45) is 0.928. The van der Waals surface area contributed by atoms with E-state index in [1.807, 2.05) is 32.0 Å². The number of hydrogen-bond acceptors (Lipinski definition) is 2. The zero-order chi connectivity index (χ0) is 13.4. The predicted octanol–water partition coefficient (Wildman–Crippen LogP) is 3.36. The van der Waals surface area contributed by atoms with Gasteiger partial charge in [-0.1, -0.05) is 17.7 Å². The summed E-state index contributed by atoms with van der Waals surface area (Å²) in [6.45, 7) is 6.29. The van der Waals surface area contributed by atoms with Crippen LogP contribution in [0.25, 0.3) is 0 Å². The van der Waals surface area contributed by atoms with Crippen LogP contribution in [0.5, 0.6) is 0 Å². The first-order chi connectivity index (χ1) is 8.63. The van der Waals surface area contributed by atoms with Crippen LogP contribution in [0.2, 0.25) is 5.02 Å². The minimum Gasteiger partial charge on any atom is -0.382 e. The van der Waals surface area contributed by atoms with Crippen molar-refractivity contribution in [3.63, 3.8) is 0 Å². The molecule has 0 heterocycles. The van der Waals surface area contributed by atoms with E-state index < -0.39 is 0 Å². The topological polar surface area (TPSA) is 33.3 Å². The quantitative estimate of drug-likeness (QED) is 0.621. The van der Waals surface area contributed by atoms with Crippen molar-refractivity contribution in [1.82, 2.24) is 5.32 Å². The van der Waals surface area contributed by atoms with Gasteiger partial charge < -0.3 is 15.4 Å². The zero-order valence-corrected chi connectivity index (χ0v) is 12.3. The van der Waals surface area contributed by atoms with Crippen LogP contribution in [0.4, 0.5) is 5.69 Å². The van der Waals surface area contributed by atoms with Crippen LogP contribution in [0.1, 0.15) is 18.9 Å². The molecule has 0 aliphatic carbocycles. The number of nitrogens with one attached hydrogen (secondary N) is 2. The van der Waals surface area contributed by atoms with Crippen molar-refractivity contribution in [2.45, 2.75) is 20.3 Å². The third kappa shape index (κ3) is 5.67. The van der Waals surface area contributed by atoms with E-state index in [4.69, 9.17) is 28.6 Å². The number of benzene rings is 1. The molecule has 1 rings (SSSR count). The molecule has 0 saturated heterocycles. The van der Waals surface area contributed by atoms with Crippen molar-refractivity contribution >= 4 is 34.6 Å². The van der Waals surface area contributed by atoms with E-state index in [9.17, 15) is 0 Å². The van der Waals surface area contributed by atoms with Gasteiger partial charge >= 0.3 is 0 Å². The van der Waals surface area contributed by atoms with E-state index in [2.05, 4.69) is 10.6 Å². The Balaban J connectivity index is 2.33. The maximum atomic E-state index is 6.07. The van der Waals surface area contributed by atoms with Gasteiger partial charge in [0.05, 0.1) is 10.7 Å². The summed E-state index contributed by atoms with van der Waals surface area (Å²) in [5, 5.41) is 7.46. The fourth-order valence-corrected chi connectivity index (χ4v) is 1.80. The van der Waals surface area contributed by atoms with Gasteiger partial charge in [-0.05, 0) is 50.2 Å². The van der Waals surface area contributed by atoms with E-state index in [0.29, 0.717) is 10.1 Å². The Kier molecular flexibility index (Phi) is 7.01. The summed E-state index contributed by atoms with van der Waals surface area (Å²) in [7, 11) is 0. The molecule has 5 heteroatoms. The van der Waals surface area contributed by atoms with Gasteiger partial charge in [0.25, 0.3) is 0 Å². The van der Waals surface area contributed by atoms with Gasteiger partial charge in [0, 0.05) is 19.8 Å². The first kappa shape index (κ1) is 15.2. The molecule has 18 heavy (non-hydrogen) atoms. The summed E-state index contributed by atoms with van der Waals surface area (Å²) < 4.78 is 5.24. The largest absolute Gasteiger partial charge is 0.382 e. The van der Waals surface area contributed by atoms with Crippen LogP contribution in [0.3, 0.4) is 0 Å². The highest BCUT2D eigenvalue weighted by atomic mass is 35.5. The molecule has 0 bridgehead atoms. The van der Waals surface area contributed by atoms with Crippen molar-refractivity contribution < 1.29 is 4.74 Å². The first-order valence-corrected chi connectivity index (χ1v) is 6.81. The second kappa shape index (κ2) is 8.29. The molecule has 0 radical (unpaired) electrons. The third-order valence-electron chi connectivity index (χ3n) is 2.33. The van der Waals surface area contributed by atoms with Gasteiger partial charge in [-0.3, -0.25) is 0 Å². The van der Waals surface area contributed by atoms with Crippen molar-refractivity contribution in [2.24, 2.45) is 0 Å². The fourth-order valence-electron chi connectivity index (χ4n) is 1.42. The van der Waals surface area contributed by atoms with E-state index in [1.165, 1.54) is 0 Å². The Hall–Kier alpha value is -0.840. The molecule has 100 valence electrons. The molecule has 0 aliphatic heterocycles. The lowest BCUT2D eigenvalue weighted by Crippen LogP contribution is -2.29. The molecule has 0 fully saturated rings. The molecule has 1 aromatic rings. The molecule has 0 amide bonds. The summed E-state index contributed by atoms with van der Waals surface area (Å²) in [6, 6.07) is 5.79. The molecule has 0 aliphatic rings. The molecule has 2 N–H and O–H groups in total. The standard InChI is InChI=1S/C13H19ClN2OS/c1-3-17-8-4-7-15-13(18)16-12-9-10(2)5-6-11(12)14/h5-6,9H,3-4,7-8H2,1-2H3,(H2,15,16,18). The minimum atomic E-state index is 0.582. The van der Waals surface area contributed by atoms with Crippen LogP contribution >= 0.6 is 23.8 Å². The van der Waals surface area contributed by atoms with Gasteiger partial charge in [0.2, 0.25) is 0 Å². The second-order valence-electron chi connectivity index (χ2n) is 3.91. The summed E-state index contributed by atoms with van der Waals surface area (Å²) >= 11 is 11.3. The lowest BCUT2D eigenvalue weighted by molar-refractivity contribution is 0.146. The minimum absolute atomic E-state index is 0.582. The molecule has 0 atom stereocenters. The lowest BCUT2D eigenvalue weighted by Gasteiger charge is -2.12. The van der Waals surface area contributed by atoms with Gasteiger partial charge in [-0.25, -0.2) is 0 Å². The maximum Gasteiger partial charge on any atom is 0.170 e. The average Bonchev–Trinajstić information content (AvgIpc) is 2.33. The van der Waals surface area contributed by atoms with Crippen molar-refractivity contribution in [3.8, 4) is 0 Å². The number of ether oxygens (including phenoxy) is 1. The number of aryl methyl sites for hydroxylation is 1. The highest BCUT2D eigenvalue weighted by Gasteiger charge is 2.02. The molecule has 0 saturated carbocycles. The number of anilines is 1. The maximum absolute atomic E-state index is 6.07. The predicted molar refractivity (Wildman–Crippen MR) is 81.5 cm³/mol. The second-order valence-corrected chi connectivity index (χ2v) is 4.73. The van der Waals surface area contributed by atoms with Crippen LogP contribution in [0.15, 0.2) is 18.2 Å². The number of rotatable bonds is 6. The van der Waals surface area contributed by atoms with Crippen molar-refractivity contribution in [2.75, 3.05) is 25.1 Å². The van der Waals surface area contributed by atoms with E-state index >= 15 is 0 Å². The number of halogens is 1. The normalized spacial score (nSPS) is 10.2. The van der Waals surface area contributed by atoms with E-state index in [1.54, 1.807) is 0 Å². The Morgan fingerprint density at radius 1 is 1.44 bits per heavy atom. The van der Waals surface area contributed by atoms with Crippen LogP contribution < -0.4 is 10.6 Å². The van der Waals surface area contributed by atoms with E-state index in [0.717, 1.165) is 37.4 Å². The lowest BCUT2D eigenvalue weighted by atomic mass is 10.2. The molecular formula is C13H19ClN2OS. The monoisotopic (exact) mass is 286 g/mol. The Bertz CT molecular complexity index is 399. The average molecular weight is 287 g/mol.